The summed E-state index contributed by atoms with van der Waals surface area (Å²) in [6, 6.07) is 15.7. The van der Waals surface area contributed by atoms with Crippen LogP contribution in [0.25, 0.3) is 0 Å². The van der Waals surface area contributed by atoms with Gasteiger partial charge in [0.25, 0.3) is 5.69 Å². The average molecular weight is 568 g/mol. The zero-order valence-corrected chi connectivity index (χ0v) is 21.2. The number of quaternary nitrogens is 1. The number of hydrogen-bond donors (Lipinski definition) is 0. The molecule has 0 amide bonds. The minimum atomic E-state index is -6.09. The van der Waals surface area contributed by atoms with Gasteiger partial charge >= 0.3 is 13.3 Å². The summed E-state index contributed by atoms with van der Waals surface area (Å²) in [5.74, 6) is 0.397. The van der Waals surface area contributed by atoms with Crippen LogP contribution < -0.4 is 4.52 Å². The van der Waals surface area contributed by atoms with Crippen molar-refractivity contribution >= 4 is 23.6 Å². The van der Waals surface area contributed by atoms with Crippen LogP contribution in [0, 0.1) is 16.0 Å². The molecular formula is C21H24F3N2O9PS. The van der Waals surface area contributed by atoms with E-state index >= 15 is 0 Å². The fraction of sp³-hybridized carbons (Fsp3) is 0.429. The largest absolute Gasteiger partial charge is 0.741 e. The van der Waals surface area contributed by atoms with Gasteiger partial charge in [0.2, 0.25) is 0 Å². The quantitative estimate of drug-likeness (QED) is 0.129. The topological polar surface area (TPSA) is 145 Å². The highest BCUT2D eigenvalue weighted by Crippen LogP contribution is 2.55. The summed E-state index contributed by atoms with van der Waals surface area (Å²) in [4.78, 5) is 10.3. The molecular weight excluding hydrogens is 544 g/mol. The van der Waals surface area contributed by atoms with Crippen molar-refractivity contribution in [3.8, 4) is 5.75 Å². The summed E-state index contributed by atoms with van der Waals surface area (Å²) in [7, 11) is -7.69. The Hall–Kier alpha value is -2.55. The molecule has 0 spiro atoms. The van der Waals surface area contributed by atoms with Gasteiger partial charge in [-0.25, -0.2) is 13.0 Å². The maximum atomic E-state index is 13.0. The Bertz CT molecular complexity index is 1250. The number of nitro groups is 1. The number of halogens is 3. The van der Waals surface area contributed by atoms with Crippen LogP contribution in [0.2, 0.25) is 0 Å². The van der Waals surface area contributed by atoms with Crippen molar-refractivity contribution < 1.29 is 53.7 Å². The smallest absolute Gasteiger partial charge is 0.530 e. The Morgan fingerprint density at radius 1 is 1.16 bits per heavy atom. The number of benzene rings is 2. The standard InChI is InChI=1S/C20H24N2O6P.CHF3O3S/c1-22(13-16-5-3-2-4-6-16)12-11-17-15-26-29(25,28-20(17)14-22)27-19-9-7-18(8-10-19)21(23)24;2-1(3,4)8(5,6)7/h2-10,17,20H,11-15H2,1H3;(H,5,6,7)/q+1;/p-1/t17-,20+,22?,29?;/m1./s1. The molecule has 0 N–H and O–H groups in total. The third-order valence-electron chi connectivity index (χ3n) is 5.85. The van der Waals surface area contributed by atoms with Gasteiger partial charge in [-0.15, -0.1) is 0 Å². The highest BCUT2D eigenvalue weighted by Gasteiger charge is 2.48. The molecule has 204 valence electrons. The van der Waals surface area contributed by atoms with Crippen LogP contribution in [0.15, 0.2) is 54.6 Å². The number of hydrogen-bond acceptors (Lipinski definition) is 9. The lowest BCUT2D eigenvalue weighted by Crippen LogP contribution is -2.57. The number of fused-ring (bicyclic) bond motifs is 1. The molecule has 2 heterocycles. The van der Waals surface area contributed by atoms with Gasteiger partial charge in [-0.05, 0) is 12.1 Å². The summed E-state index contributed by atoms with van der Waals surface area (Å²) in [6.07, 6.45) is 0.695. The first-order chi connectivity index (χ1) is 17.1. The van der Waals surface area contributed by atoms with Crippen molar-refractivity contribution in [1.82, 2.24) is 0 Å². The van der Waals surface area contributed by atoms with Gasteiger partial charge in [-0.1, -0.05) is 30.3 Å². The normalized spacial score (nSPS) is 27.8. The molecule has 11 nitrogen and oxygen atoms in total. The summed E-state index contributed by atoms with van der Waals surface area (Å²) < 4.78 is 89.6. The zero-order valence-electron chi connectivity index (χ0n) is 19.4. The number of phosphoric acid groups is 1. The molecule has 0 aromatic heterocycles. The maximum Gasteiger partial charge on any atom is 0.530 e. The third-order valence-corrected chi connectivity index (χ3v) is 7.85. The highest BCUT2D eigenvalue weighted by atomic mass is 32.2. The van der Waals surface area contributed by atoms with E-state index in [0.717, 1.165) is 30.5 Å². The predicted octanol–water partition coefficient (Wildman–Crippen LogP) is 4.22. The Morgan fingerprint density at radius 2 is 1.76 bits per heavy atom. The van der Waals surface area contributed by atoms with Crippen LogP contribution in [-0.4, -0.2) is 60.7 Å². The fourth-order valence-corrected chi connectivity index (χ4v) is 5.49. The molecule has 16 heteroatoms. The van der Waals surface area contributed by atoms with Crippen LogP contribution in [0.3, 0.4) is 0 Å². The second kappa shape index (κ2) is 11.1. The molecule has 4 rings (SSSR count). The van der Waals surface area contributed by atoms with Crippen LogP contribution in [0.4, 0.5) is 18.9 Å². The SMILES string of the molecule is C[N+]1(Cc2ccccc2)CC[C@@H]2COP(=O)(Oc3ccc([N+](=O)[O-])cc3)O[C@H]2C1.O=S(=O)([O-])C(F)(F)F. The zero-order chi connectivity index (χ0) is 27.5. The van der Waals surface area contributed by atoms with E-state index in [4.69, 9.17) is 26.5 Å². The van der Waals surface area contributed by atoms with E-state index < -0.39 is 28.4 Å². The molecule has 2 aromatic rings. The highest BCUT2D eigenvalue weighted by molar-refractivity contribution is 7.86. The lowest BCUT2D eigenvalue weighted by molar-refractivity contribution is -0.931. The maximum absolute atomic E-state index is 13.0. The number of alkyl halides is 3. The number of nitrogens with zero attached hydrogens (tertiary/aromatic N) is 2. The molecule has 0 aliphatic carbocycles. The molecule has 2 aliphatic rings. The van der Waals surface area contributed by atoms with Crippen LogP contribution in [0.5, 0.6) is 5.75 Å². The van der Waals surface area contributed by atoms with E-state index in [1.54, 1.807) is 0 Å². The number of likely N-dealkylation sites (N-methyl/N-ethyl adjacent to an activating group) is 1. The van der Waals surface area contributed by atoms with Gasteiger partial charge in [0, 0.05) is 30.0 Å². The first kappa shape index (κ1) is 29.0. The number of rotatable bonds is 5. The number of nitro benzene ring substituents is 1. The van der Waals surface area contributed by atoms with Gasteiger partial charge in [0.1, 0.15) is 24.9 Å². The van der Waals surface area contributed by atoms with Gasteiger partial charge in [0.15, 0.2) is 10.1 Å². The first-order valence-electron chi connectivity index (χ1n) is 10.9. The molecule has 2 unspecified atom stereocenters. The minimum Gasteiger partial charge on any atom is -0.741 e. The molecule has 0 saturated carbocycles. The third kappa shape index (κ3) is 7.97. The molecule has 2 saturated heterocycles. The summed E-state index contributed by atoms with van der Waals surface area (Å²) in [6.45, 7) is 2.91. The molecule has 2 aromatic carbocycles. The first-order valence-corrected chi connectivity index (χ1v) is 13.7. The van der Waals surface area contributed by atoms with Crippen molar-refractivity contribution in [2.24, 2.45) is 5.92 Å². The molecule has 4 atom stereocenters. The summed E-state index contributed by atoms with van der Waals surface area (Å²) in [5, 5.41) is 10.8. The summed E-state index contributed by atoms with van der Waals surface area (Å²) >= 11 is 0. The fourth-order valence-electron chi connectivity index (χ4n) is 4.00. The second-order valence-electron chi connectivity index (χ2n) is 8.85. The summed E-state index contributed by atoms with van der Waals surface area (Å²) in [5.41, 5.74) is -4.46. The number of likely N-dealkylation sites (tertiary alicyclic amines) is 1. The monoisotopic (exact) mass is 568 g/mol. The molecule has 2 fully saturated rings. The van der Waals surface area contributed by atoms with Crippen LogP contribution in [-0.2, 0) is 30.3 Å². The lowest BCUT2D eigenvalue weighted by atomic mass is 9.92. The van der Waals surface area contributed by atoms with Crippen LogP contribution in [0.1, 0.15) is 12.0 Å². The van der Waals surface area contributed by atoms with Gasteiger partial charge < -0.3 is 13.6 Å². The van der Waals surface area contributed by atoms with E-state index in [1.807, 2.05) is 18.2 Å². The number of piperidine rings is 1. The Balaban J connectivity index is 0.000000414. The van der Waals surface area contributed by atoms with Gasteiger partial charge in [-0.2, -0.15) is 13.2 Å². The van der Waals surface area contributed by atoms with Crippen molar-refractivity contribution in [3.05, 3.63) is 70.3 Å². The van der Waals surface area contributed by atoms with Gasteiger partial charge in [-0.3, -0.25) is 19.2 Å². The predicted molar refractivity (Wildman–Crippen MR) is 122 cm³/mol. The number of non-ortho nitro benzene ring substituents is 1. The number of phosphoric ester groups is 1. The minimum absolute atomic E-state index is 0.0672. The lowest BCUT2D eigenvalue weighted by Gasteiger charge is -2.46. The molecule has 37 heavy (non-hydrogen) atoms. The van der Waals surface area contributed by atoms with Crippen molar-refractivity contribution in [3.63, 3.8) is 0 Å². The van der Waals surface area contributed by atoms with E-state index in [2.05, 4.69) is 19.2 Å². The van der Waals surface area contributed by atoms with Crippen molar-refractivity contribution in [1.29, 1.82) is 0 Å². The second-order valence-corrected chi connectivity index (χ2v) is 11.8. The van der Waals surface area contributed by atoms with Crippen molar-refractivity contribution in [2.45, 2.75) is 24.6 Å². The van der Waals surface area contributed by atoms with Gasteiger partial charge in [0.05, 0.1) is 25.1 Å². The molecule has 2 aliphatic heterocycles. The van der Waals surface area contributed by atoms with E-state index in [-0.39, 0.29) is 23.5 Å². The molecule has 0 bridgehead atoms. The van der Waals surface area contributed by atoms with E-state index in [1.165, 1.54) is 29.8 Å². The Labute approximate surface area is 210 Å². The van der Waals surface area contributed by atoms with Crippen molar-refractivity contribution in [2.75, 3.05) is 26.7 Å². The van der Waals surface area contributed by atoms with Crippen LogP contribution >= 0.6 is 7.82 Å². The van der Waals surface area contributed by atoms with E-state index in [9.17, 15) is 27.9 Å². The molecule has 0 radical (unpaired) electrons. The Kier molecular flexibility index (Phi) is 8.67. The van der Waals surface area contributed by atoms with E-state index in [0.29, 0.717) is 6.61 Å². The average Bonchev–Trinajstić information content (AvgIpc) is 2.78. The Morgan fingerprint density at radius 3 is 2.30 bits per heavy atom.